The molecule has 5 nitrogen and oxygen atoms in total. The van der Waals surface area contributed by atoms with Gasteiger partial charge in [0.15, 0.2) is 0 Å². The number of nitrogens with two attached hydrogens (primary N) is 2. The van der Waals surface area contributed by atoms with Crippen LogP contribution in [0.1, 0.15) is 31.1 Å². The number of hydrogen-bond donors (Lipinski definition) is 3. The molecule has 1 unspecified atom stereocenters. The first-order valence-electron chi connectivity index (χ1n) is 6.59. The fourth-order valence-corrected chi connectivity index (χ4v) is 2.08. The number of carbonyl (C=O) groups excluding carboxylic acids is 1. The predicted molar refractivity (Wildman–Crippen MR) is 83.1 cm³/mol. The van der Waals surface area contributed by atoms with Crippen molar-refractivity contribution in [2.75, 3.05) is 24.3 Å². The van der Waals surface area contributed by atoms with Gasteiger partial charge in [-0.3, -0.25) is 4.79 Å². The molecule has 20 heavy (non-hydrogen) atoms. The number of ether oxygens (including phenoxy) is 1. The molecule has 0 saturated heterocycles. The first-order chi connectivity index (χ1) is 9.36. The Balaban J connectivity index is 3.08. The Kier molecular flexibility index (Phi) is 6.10. The van der Waals surface area contributed by atoms with Crippen molar-refractivity contribution in [1.29, 1.82) is 0 Å². The maximum absolute atomic E-state index is 11.5. The second-order valence-corrected chi connectivity index (χ2v) is 5.35. The standard InChI is InChI=1S/C14H22ClN3O2/c1-4-20-7-12(8(2)3)18-13-10(14(17)19)5-9(16)6-11(13)15/h5-6,8,12,18H,4,7,16H2,1-3H3,(H2,17,19). The third-order valence-corrected chi connectivity index (χ3v) is 3.31. The second kappa shape index (κ2) is 7.36. The Morgan fingerprint density at radius 1 is 1.45 bits per heavy atom. The minimum absolute atomic E-state index is 0.0224. The summed E-state index contributed by atoms with van der Waals surface area (Å²) in [5, 5.41) is 3.62. The second-order valence-electron chi connectivity index (χ2n) is 4.94. The van der Waals surface area contributed by atoms with Crippen molar-refractivity contribution in [2.45, 2.75) is 26.8 Å². The molecule has 0 heterocycles. The number of nitrogens with one attached hydrogen (secondary N) is 1. The third-order valence-electron chi connectivity index (χ3n) is 3.01. The van der Waals surface area contributed by atoms with Crippen LogP contribution in [0.3, 0.4) is 0 Å². The molecular formula is C14H22ClN3O2. The normalized spacial score (nSPS) is 12.4. The van der Waals surface area contributed by atoms with Crippen LogP contribution < -0.4 is 16.8 Å². The molecule has 0 aliphatic rings. The average Bonchev–Trinajstić information content (AvgIpc) is 2.35. The molecule has 112 valence electrons. The molecule has 0 radical (unpaired) electrons. The zero-order valence-corrected chi connectivity index (χ0v) is 12.8. The van der Waals surface area contributed by atoms with Gasteiger partial charge >= 0.3 is 0 Å². The Morgan fingerprint density at radius 3 is 2.60 bits per heavy atom. The number of hydrogen-bond acceptors (Lipinski definition) is 4. The molecular weight excluding hydrogens is 278 g/mol. The molecule has 0 aliphatic carbocycles. The topological polar surface area (TPSA) is 90.4 Å². The number of anilines is 2. The van der Waals surface area contributed by atoms with Crippen LogP contribution in [0.15, 0.2) is 12.1 Å². The van der Waals surface area contributed by atoms with Gasteiger partial charge in [0.05, 0.1) is 28.9 Å². The van der Waals surface area contributed by atoms with Gasteiger partial charge in [-0.05, 0) is 25.0 Å². The first kappa shape index (κ1) is 16.6. The van der Waals surface area contributed by atoms with Crippen molar-refractivity contribution in [1.82, 2.24) is 0 Å². The Labute approximate surface area is 124 Å². The number of halogens is 1. The molecule has 1 aromatic rings. The molecule has 0 aliphatic heterocycles. The van der Waals surface area contributed by atoms with Crippen molar-refractivity contribution >= 4 is 28.9 Å². The summed E-state index contributed by atoms with van der Waals surface area (Å²) in [6.45, 7) is 7.20. The highest BCUT2D eigenvalue weighted by atomic mass is 35.5. The summed E-state index contributed by atoms with van der Waals surface area (Å²) >= 11 is 6.17. The number of benzene rings is 1. The van der Waals surface area contributed by atoms with Crippen molar-refractivity contribution in [3.8, 4) is 0 Å². The minimum atomic E-state index is -0.569. The van der Waals surface area contributed by atoms with Gasteiger partial charge in [-0.2, -0.15) is 0 Å². The summed E-state index contributed by atoms with van der Waals surface area (Å²) in [5.41, 5.74) is 12.3. The molecule has 0 fully saturated rings. The molecule has 5 N–H and O–H groups in total. The van der Waals surface area contributed by atoms with Crippen molar-refractivity contribution in [3.63, 3.8) is 0 Å². The van der Waals surface area contributed by atoms with Crippen molar-refractivity contribution < 1.29 is 9.53 Å². The van der Waals surface area contributed by atoms with E-state index in [1.165, 1.54) is 6.07 Å². The molecule has 1 rings (SSSR count). The molecule has 1 atom stereocenters. The predicted octanol–water partition coefficient (Wildman–Crippen LogP) is 2.49. The van der Waals surface area contributed by atoms with E-state index in [4.69, 9.17) is 27.8 Å². The fraction of sp³-hybridized carbons (Fsp3) is 0.500. The maximum atomic E-state index is 11.5. The van der Waals surface area contributed by atoms with Crippen molar-refractivity contribution in [2.24, 2.45) is 11.7 Å². The Morgan fingerprint density at radius 2 is 2.10 bits per heavy atom. The highest BCUT2D eigenvalue weighted by Gasteiger charge is 2.19. The van der Waals surface area contributed by atoms with Crippen LogP contribution in [0.25, 0.3) is 0 Å². The fourth-order valence-electron chi connectivity index (χ4n) is 1.80. The monoisotopic (exact) mass is 299 g/mol. The van der Waals surface area contributed by atoms with Crippen LogP contribution in [-0.2, 0) is 4.74 Å². The largest absolute Gasteiger partial charge is 0.399 e. The molecule has 6 heteroatoms. The number of rotatable bonds is 7. The molecule has 0 aromatic heterocycles. The Bertz CT molecular complexity index is 478. The summed E-state index contributed by atoms with van der Waals surface area (Å²) in [5.74, 6) is -0.267. The summed E-state index contributed by atoms with van der Waals surface area (Å²) in [4.78, 5) is 11.5. The zero-order valence-electron chi connectivity index (χ0n) is 12.1. The number of carbonyl (C=O) groups is 1. The van der Waals surface area contributed by atoms with Gasteiger partial charge in [0.2, 0.25) is 0 Å². The van der Waals surface area contributed by atoms with Crippen LogP contribution >= 0.6 is 11.6 Å². The van der Waals surface area contributed by atoms with Gasteiger partial charge in [0.1, 0.15) is 0 Å². The van der Waals surface area contributed by atoms with Crippen LogP contribution in [0, 0.1) is 5.92 Å². The lowest BCUT2D eigenvalue weighted by molar-refractivity contribution is 0.1000. The lowest BCUT2D eigenvalue weighted by atomic mass is 10.0. The lowest BCUT2D eigenvalue weighted by Crippen LogP contribution is -2.32. The summed E-state index contributed by atoms with van der Waals surface area (Å²) in [6.07, 6.45) is 0. The Hall–Kier alpha value is -1.46. The van der Waals surface area contributed by atoms with Gasteiger partial charge < -0.3 is 21.5 Å². The molecule has 0 saturated carbocycles. The summed E-state index contributed by atoms with van der Waals surface area (Å²) in [7, 11) is 0. The average molecular weight is 300 g/mol. The van der Waals surface area contributed by atoms with E-state index in [-0.39, 0.29) is 11.6 Å². The van der Waals surface area contributed by atoms with Crippen molar-refractivity contribution in [3.05, 3.63) is 22.7 Å². The van der Waals surface area contributed by atoms with E-state index in [0.717, 1.165) is 0 Å². The zero-order chi connectivity index (χ0) is 15.3. The maximum Gasteiger partial charge on any atom is 0.250 e. The van der Waals surface area contributed by atoms with Crippen LogP contribution in [0.4, 0.5) is 11.4 Å². The van der Waals surface area contributed by atoms with Gasteiger partial charge in [-0.15, -0.1) is 0 Å². The highest BCUT2D eigenvalue weighted by molar-refractivity contribution is 6.34. The molecule has 1 amide bonds. The quantitative estimate of drug-likeness (QED) is 0.675. The van der Waals surface area contributed by atoms with E-state index in [1.54, 1.807) is 6.07 Å². The molecule has 0 spiro atoms. The highest BCUT2D eigenvalue weighted by Crippen LogP contribution is 2.30. The third kappa shape index (κ3) is 4.28. The number of nitrogen functional groups attached to an aromatic ring is 1. The van der Waals surface area contributed by atoms with E-state index in [1.807, 2.05) is 6.92 Å². The molecule has 1 aromatic carbocycles. The van der Waals surface area contributed by atoms with E-state index in [9.17, 15) is 4.79 Å². The summed E-state index contributed by atoms with van der Waals surface area (Å²) < 4.78 is 5.45. The number of primary amides is 1. The van der Waals surface area contributed by atoms with Gasteiger partial charge in [0, 0.05) is 12.3 Å². The van der Waals surface area contributed by atoms with Gasteiger partial charge in [-0.1, -0.05) is 25.4 Å². The van der Waals surface area contributed by atoms with Crippen LogP contribution in [-0.4, -0.2) is 25.2 Å². The van der Waals surface area contributed by atoms with Gasteiger partial charge in [-0.25, -0.2) is 0 Å². The minimum Gasteiger partial charge on any atom is -0.399 e. The van der Waals surface area contributed by atoms with Gasteiger partial charge in [0.25, 0.3) is 5.91 Å². The van der Waals surface area contributed by atoms with E-state index in [0.29, 0.717) is 35.5 Å². The first-order valence-corrected chi connectivity index (χ1v) is 6.97. The smallest absolute Gasteiger partial charge is 0.250 e. The van der Waals surface area contributed by atoms with E-state index < -0.39 is 5.91 Å². The summed E-state index contributed by atoms with van der Waals surface area (Å²) in [6, 6.07) is 3.14. The SMILES string of the molecule is CCOCC(Nc1c(Cl)cc(N)cc1C(N)=O)C(C)C. The molecule has 0 bridgehead atoms. The van der Waals surface area contributed by atoms with Crippen LogP contribution in [0.5, 0.6) is 0 Å². The lowest BCUT2D eigenvalue weighted by Gasteiger charge is -2.25. The van der Waals surface area contributed by atoms with Crippen LogP contribution in [0.2, 0.25) is 5.02 Å². The van der Waals surface area contributed by atoms with E-state index >= 15 is 0 Å². The number of amides is 1. The van der Waals surface area contributed by atoms with E-state index in [2.05, 4.69) is 19.2 Å².